The summed E-state index contributed by atoms with van der Waals surface area (Å²) in [6.45, 7) is 9.91. The molecule has 0 aliphatic carbocycles. The summed E-state index contributed by atoms with van der Waals surface area (Å²) in [4.78, 5) is 13.2. The van der Waals surface area contributed by atoms with Crippen LogP contribution in [-0.4, -0.2) is 36.5 Å². The van der Waals surface area contributed by atoms with Crippen molar-refractivity contribution < 1.29 is 14.6 Å². The summed E-state index contributed by atoms with van der Waals surface area (Å²) in [5, 5.41) is 13.9. The van der Waals surface area contributed by atoms with Gasteiger partial charge in [-0.1, -0.05) is 26.0 Å². The van der Waals surface area contributed by atoms with Crippen molar-refractivity contribution in [2.75, 3.05) is 24.6 Å². The van der Waals surface area contributed by atoms with Gasteiger partial charge < -0.3 is 15.2 Å². The molecule has 1 amide bonds. The second-order valence-corrected chi connectivity index (χ2v) is 7.39. The Hall–Kier alpha value is -1.59. The monoisotopic (exact) mass is 334 g/mol. The van der Waals surface area contributed by atoms with Crippen molar-refractivity contribution in [2.24, 2.45) is 5.92 Å². The molecule has 0 saturated carbocycles. The molecule has 2 atom stereocenters. The molecule has 0 bridgehead atoms. The Morgan fingerprint density at radius 3 is 2.50 bits per heavy atom. The number of cyclic esters (lactones) is 1. The van der Waals surface area contributed by atoms with Gasteiger partial charge in [-0.25, -0.2) is 4.79 Å². The van der Waals surface area contributed by atoms with E-state index in [2.05, 4.69) is 26.1 Å². The largest absolute Gasteiger partial charge is 0.447 e. The van der Waals surface area contributed by atoms with Gasteiger partial charge in [-0.2, -0.15) is 0 Å². The summed E-state index contributed by atoms with van der Waals surface area (Å²) in [6.07, 6.45) is 1.53. The highest BCUT2D eigenvalue weighted by Crippen LogP contribution is 2.22. The molecule has 1 aromatic rings. The highest BCUT2D eigenvalue weighted by molar-refractivity contribution is 5.89. The Kier molecular flexibility index (Phi) is 6.24. The van der Waals surface area contributed by atoms with Gasteiger partial charge >= 0.3 is 6.09 Å². The molecular formula is C19H30N2O3. The zero-order valence-corrected chi connectivity index (χ0v) is 15.2. The molecule has 1 heterocycles. The third-order valence-electron chi connectivity index (χ3n) is 4.51. The predicted molar refractivity (Wildman–Crippen MR) is 96.2 cm³/mol. The number of rotatable bonds is 8. The molecule has 1 saturated heterocycles. The molecule has 1 aliphatic rings. The fraction of sp³-hybridized carbons (Fsp3) is 0.632. The topological polar surface area (TPSA) is 61.8 Å². The van der Waals surface area contributed by atoms with Crippen LogP contribution < -0.4 is 10.2 Å². The van der Waals surface area contributed by atoms with Crippen molar-refractivity contribution in [3.05, 3.63) is 29.8 Å². The number of carbonyl (C=O) groups is 1. The minimum Gasteiger partial charge on any atom is -0.447 e. The summed E-state index contributed by atoms with van der Waals surface area (Å²) in [5.74, 6) is 0.596. The standard InChI is InChI=1S/C19H30N2O3/c1-14(2)9-10-19(4,23)13-20-15(3)16-5-7-17(8-6-16)21-11-12-24-18(21)22/h5-8,14-15,20,23H,9-13H2,1-4H3. The first kappa shape index (κ1) is 18.7. The van der Waals surface area contributed by atoms with Gasteiger partial charge in [0.05, 0.1) is 12.1 Å². The molecule has 5 heteroatoms. The average Bonchev–Trinajstić information content (AvgIpc) is 2.97. The normalized spacial score (nSPS) is 18.6. The van der Waals surface area contributed by atoms with Gasteiger partial charge in [0, 0.05) is 18.3 Å². The van der Waals surface area contributed by atoms with E-state index in [-0.39, 0.29) is 12.1 Å². The molecule has 1 aliphatic heterocycles. The number of hydrogen-bond acceptors (Lipinski definition) is 4. The first-order chi connectivity index (χ1) is 11.3. The van der Waals surface area contributed by atoms with E-state index >= 15 is 0 Å². The van der Waals surface area contributed by atoms with Gasteiger partial charge in [0.25, 0.3) is 0 Å². The summed E-state index contributed by atoms with van der Waals surface area (Å²) in [5.41, 5.74) is 1.29. The van der Waals surface area contributed by atoms with Crippen LogP contribution in [0.2, 0.25) is 0 Å². The minimum absolute atomic E-state index is 0.134. The van der Waals surface area contributed by atoms with Crippen LogP contribution >= 0.6 is 0 Å². The minimum atomic E-state index is -0.697. The van der Waals surface area contributed by atoms with E-state index < -0.39 is 5.60 Å². The number of ether oxygens (including phenoxy) is 1. The van der Waals surface area contributed by atoms with Gasteiger partial charge in [-0.05, 0) is 50.3 Å². The summed E-state index contributed by atoms with van der Waals surface area (Å²) in [6, 6.07) is 8.05. The van der Waals surface area contributed by atoms with Crippen molar-refractivity contribution in [2.45, 2.75) is 52.2 Å². The fourth-order valence-electron chi connectivity index (χ4n) is 2.75. The number of carbonyl (C=O) groups excluding carboxylic acids is 1. The second-order valence-electron chi connectivity index (χ2n) is 7.39. The lowest BCUT2D eigenvalue weighted by Crippen LogP contribution is -2.39. The number of amides is 1. The molecule has 0 spiro atoms. The molecule has 2 unspecified atom stereocenters. The Labute approximate surface area is 145 Å². The van der Waals surface area contributed by atoms with Gasteiger partial charge in [-0.3, -0.25) is 4.90 Å². The summed E-state index contributed by atoms with van der Waals surface area (Å²) < 4.78 is 4.96. The lowest BCUT2D eigenvalue weighted by Gasteiger charge is -2.27. The van der Waals surface area contributed by atoms with Gasteiger partial charge in [0.2, 0.25) is 0 Å². The van der Waals surface area contributed by atoms with Crippen LogP contribution in [0.3, 0.4) is 0 Å². The molecular weight excluding hydrogens is 304 g/mol. The maximum absolute atomic E-state index is 11.6. The maximum Gasteiger partial charge on any atom is 0.414 e. The van der Waals surface area contributed by atoms with E-state index in [0.717, 1.165) is 24.1 Å². The molecule has 24 heavy (non-hydrogen) atoms. The van der Waals surface area contributed by atoms with Gasteiger partial charge in [0.15, 0.2) is 0 Å². The third kappa shape index (κ3) is 5.21. The molecule has 1 aromatic carbocycles. The molecule has 0 aromatic heterocycles. The molecule has 5 nitrogen and oxygen atoms in total. The smallest absolute Gasteiger partial charge is 0.414 e. The van der Waals surface area contributed by atoms with Crippen LogP contribution in [-0.2, 0) is 4.74 Å². The fourth-order valence-corrected chi connectivity index (χ4v) is 2.75. The molecule has 1 fully saturated rings. The van der Waals surface area contributed by atoms with Crippen LogP contribution in [0.5, 0.6) is 0 Å². The van der Waals surface area contributed by atoms with Gasteiger partial charge in [0.1, 0.15) is 6.61 Å². The van der Waals surface area contributed by atoms with Crippen molar-refractivity contribution in [1.82, 2.24) is 5.32 Å². The van der Waals surface area contributed by atoms with E-state index in [4.69, 9.17) is 4.74 Å². The van der Waals surface area contributed by atoms with E-state index in [0.29, 0.717) is 25.6 Å². The lowest BCUT2D eigenvalue weighted by atomic mass is 9.94. The van der Waals surface area contributed by atoms with Crippen LogP contribution in [0.25, 0.3) is 0 Å². The molecule has 2 N–H and O–H groups in total. The number of benzene rings is 1. The Morgan fingerprint density at radius 2 is 1.96 bits per heavy atom. The first-order valence-electron chi connectivity index (χ1n) is 8.78. The van der Waals surface area contributed by atoms with Gasteiger partial charge in [-0.15, -0.1) is 0 Å². The van der Waals surface area contributed by atoms with Crippen LogP contribution in [0.4, 0.5) is 10.5 Å². The van der Waals surface area contributed by atoms with Crippen LogP contribution in [0.15, 0.2) is 24.3 Å². The number of nitrogens with one attached hydrogen (secondary N) is 1. The third-order valence-corrected chi connectivity index (χ3v) is 4.51. The number of hydrogen-bond donors (Lipinski definition) is 2. The second kappa shape index (κ2) is 7.99. The zero-order chi connectivity index (χ0) is 17.7. The van der Waals surface area contributed by atoms with Crippen LogP contribution in [0.1, 0.15) is 52.1 Å². The summed E-state index contributed by atoms with van der Waals surface area (Å²) >= 11 is 0. The lowest BCUT2D eigenvalue weighted by molar-refractivity contribution is 0.0430. The SMILES string of the molecule is CC(C)CCC(C)(O)CNC(C)c1ccc(N2CCOC2=O)cc1. The molecule has 134 valence electrons. The first-order valence-corrected chi connectivity index (χ1v) is 8.78. The number of aliphatic hydroxyl groups is 1. The Bertz CT molecular complexity index is 540. The highest BCUT2D eigenvalue weighted by atomic mass is 16.6. The zero-order valence-electron chi connectivity index (χ0n) is 15.2. The van der Waals surface area contributed by atoms with Crippen molar-refractivity contribution in [1.29, 1.82) is 0 Å². The average molecular weight is 334 g/mol. The van der Waals surface area contributed by atoms with Crippen LogP contribution in [0, 0.1) is 5.92 Å². The maximum atomic E-state index is 11.6. The summed E-state index contributed by atoms with van der Waals surface area (Å²) in [7, 11) is 0. The Morgan fingerprint density at radius 1 is 1.29 bits per heavy atom. The molecule has 2 rings (SSSR count). The van der Waals surface area contributed by atoms with Crippen molar-refractivity contribution >= 4 is 11.8 Å². The quantitative estimate of drug-likeness (QED) is 0.764. The number of anilines is 1. The Balaban J connectivity index is 1.88. The van der Waals surface area contributed by atoms with E-state index in [1.54, 1.807) is 4.90 Å². The van der Waals surface area contributed by atoms with E-state index in [1.165, 1.54) is 0 Å². The van der Waals surface area contributed by atoms with Crippen molar-refractivity contribution in [3.8, 4) is 0 Å². The predicted octanol–water partition coefficient (Wildman–Crippen LogP) is 3.48. The number of nitrogens with zero attached hydrogens (tertiary/aromatic N) is 1. The highest BCUT2D eigenvalue weighted by Gasteiger charge is 2.24. The van der Waals surface area contributed by atoms with E-state index in [1.807, 2.05) is 31.2 Å². The molecule has 0 radical (unpaired) electrons. The van der Waals surface area contributed by atoms with Crippen molar-refractivity contribution in [3.63, 3.8) is 0 Å². The van der Waals surface area contributed by atoms with E-state index in [9.17, 15) is 9.90 Å².